The number of fused-ring (bicyclic) bond motifs is 1. The number of rotatable bonds is 16. The molecule has 5 rings (SSSR count). The molecule has 13 nitrogen and oxygen atoms in total. The molecule has 1 aromatic carbocycles. The molecule has 1 heterocycles. The molecule has 2 unspecified atom stereocenters. The molecule has 0 bridgehead atoms. The molecule has 6 atom stereocenters. The van der Waals surface area contributed by atoms with Crippen molar-refractivity contribution >= 4 is 35.2 Å². The van der Waals surface area contributed by atoms with Gasteiger partial charge in [0, 0.05) is 38.7 Å². The first-order valence-corrected chi connectivity index (χ1v) is 19.5. The Morgan fingerprint density at radius 2 is 1.69 bits per heavy atom. The molecule has 4 aliphatic rings. The molecule has 0 spiro atoms. The number of carbonyl (C=O) groups excluding carboxylic acids is 5. The minimum Gasteiger partial charge on any atom is -0.369 e. The number of piperidine rings is 1. The zero-order chi connectivity index (χ0) is 39.7. The maximum atomic E-state index is 14.7. The zero-order valence-electron chi connectivity index (χ0n) is 32.7. The number of Topliss-reactive ketones (excluding diaryl/α,β-unsaturated/α-hetero) is 1. The van der Waals surface area contributed by atoms with Gasteiger partial charge in [0.1, 0.15) is 12.1 Å². The van der Waals surface area contributed by atoms with Gasteiger partial charge in [-0.2, -0.15) is 0 Å². The van der Waals surface area contributed by atoms with Gasteiger partial charge >= 0.3 is 6.03 Å². The molecule has 0 aromatic heterocycles. The smallest absolute Gasteiger partial charge is 0.315 e. The molecular formula is C41H58N6O7. The molecule has 1 saturated heterocycles. The number of ketones is 1. The molecule has 4 fully saturated rings. The number of terminal acetylenes is 1. The van der Waals surface area contributed by atoms with Crippen LogP contribution in [-0.4, -0.2) is 85.3 Å². The van der Waals surface area contributed by atoms with Crippen LogP contribution >= 0.6 is 0 Å². The van der Waals surface area contributed by atoms with Crippen molar-refractivity contribution in [1.29, 1.82) is 0 Å². The first kappa shape index (κ1) is 40.7. The van der Waals surface area contributed by atoms with Crippen molar-refractivity contribution in [2.45, 2.75) is 122 Å². The van der Waals surface area contributed by atoms with Crippen molar-refractivity contribution < 1.29 is 24.0 Å². The second-order valence-electron chi connectivity index (χ2n) is 17.5. The van der Waals surface area contributed by atoms with Crippen LogP contribution in [0.15, 0.2) is 22.2 Å². The first-order chi connectivity index (χ1) is 25.4. The number of nitrogens with one attached hydrogen (secondary N) is 4. The van der Waals surface area contributed by atoms with Crippen LogP contribution < -0.4 is 37.0 Å². The SMILES string of the molecule is C#CCCC(NC(=O)[C@@H]1[C@@H]2C(CN1C(=O)[C@@H](NC(=O)N[C@H](CN(C)c1c(C3CC3)c(=O)c1=O)C(C)(C)C)C1CCCCC1)C2(C)C)C(=O)C(=O)NCC=C. The summed E-state index contributed by atoms with van der Waals surface area (Å²) in [6, 6.07) is -3.97. The van der Waals surface area contributed by atoms with Crippen LogP contribution in [-0.2, 0) is 19.2 Å². The van der Waals surface area contributed by atoms with Crippen LogP contribution in [0.5, 0.6) is 0 Å². The Balaban J connectivity index is 1.35. The maximum Gasteiger partial charge on any atom is 0.315 e. The number of nitrogens with zero attached hydrogens (tertiary/aromatic N) is 2. The fraction of sp³-hybridized carbons (Fsp3) is 0.683. The van der Waals surface area contributed by atoms with Crippen LogP contribution in [0.25, 0.3) is 0 Å². The lowest BCUT2D eigenvalue weighted by molar-refractivity contribution is -0.144. The van der Waals surface area contributed by atoms with E-state index in [1.54, 1.807) is 16.8 Å². The number of anilines is 1. The highest BCUT2D eigenvalue weighted by atomic mass is 16.2. The van der Waals surface area contributed by atoms with Gasteiger partial charge in [0.25, 0.3) is 5.91 Å². The normalized spacial score (nSPS) is 23.6. The van der Waals surface area contributed by atoms with Gasteiger partial charge in [0.15, 0.2) is 0 Å². The number of hydrogen-bond acceptors (Lipinski definition) is 8. The largest absolute Gasteiger partial charge is 0.369 e. The monoisotopic (exact) mass is 746 g/mol. The van der Waals surface area contributed by atoms with Crippen LogP contribution in [0.2, 0.25) is 0 Å². The van der Waals surface area contributed by atoms with E-state index in [-0.39, 0.29) is 60.9 Å². The molecule has 294 valence electrons. The third-order valence-corrected chi connectivity index (χ3v) is 12.4. The van der Waals surface area contributed by atoms with Crippen molar-refractivity contribution in [1.82, 2.24) is 26.2 Å². The summed E-state index contributed by atoms with van der Waals surface area (Å²) in [5.74, 6) is -0.239. The van der Waals surface area contributed by atoms with Gasteiger partial charge in [-0.3, -0.25) is 28.8 Å². The van der Waals surface area contributed by atoms with E-state index in [0.717, 1.165) is 44.9 Å². The lowest BCUT2D eigenvalue weighted by Crippen LogP contribution is -2.62. The van der Waals surface area contributed by atoms with Crippen LogP contribution in [0.1, 0.15) is 104 Å². The average Bonchev–Trinajstić information content (AvgIpc) is 4.00. The third kappa shape index (κ3) is 8.42. The number of hydrogen-bond donors (Lipinski definition) is 4. The quantitative estimate of drug-likeness (QED) is 0.114. The fourth-order valence-corrected chi connectivity index (χ4v) is 8.77. The molecule has 0 radical (unpaired) electrons. The Labute approximate surface area is 318 Å². The highest BCUT2D eigenvalue weighted by Gasteiger charge is 2.69. The molecule has 3 aliphatic carbocycles. The number of amides is 5. The van der Waals surface area contributed by atoms with Crippen LogP contribution in [0.4, 0.5) is 10.5 Å². The van der Waals surface area contributed by atoms with Gasteiger partial charge in [-0.15, -0.1) is 18.9 Å². The third-order valence-electron chi connectivity index (χ3n) is 12.4. The number of carbonyl (C=O) groups is 5. The van der Waals surface area contributed by atoms with Gasteiger partial charge in [0.05, 0.1) is 17.8 Å². The van der Waals surface area contributed by atoms with E-state index in [1.165, 1.54) is 6.08 Å². The molecular weight excluding hydrogens is 688 g/mol. The van der Waals surface area contributed by atoms with Gasteiger partial charge in [-0.25, -0.2) is 4.79 Å². The van der Waals surface area contributed by atoms with Gasteiger partial charge in [-0.1, -0.05) is 60.0 Å². The van der Waals surface area contributed by atoms with Crippen molar-refractivity contribution in [3.63, 3.8) is 0 Å². The summed E-state index contributed by atoms with van der Waals surface area (Å²) in [5.41, 5.74) is -0.562. The Morgan fingerprint density at radius 1 is 1.02 bits per heavy atom. The molecule has 54 heavy (non-hydrogen) atoms. The van der Waals surface area contributed by atoms with Crippen molar-refractivity contribution in [2.24, 2.45) is 28.6 Å². The highest BCUT2D eigenvalue weighted by molar-refractivity contribution is 6.38. The van der Waals surface area contributed by atoms with E-state index < -0.39 is 64.1 Å². The van der Waals surface area contributed by atoms with Gasteiger partial charge in [-0.05, 0) is 66.6 Å². The summed E-state index contributed by atoms with van der Waals surface area (Å²) in [6.45, 7) is 14.3. The van der Waals surface area contributed by atoms with E-state index in [0.29, 0.717) is 17.8 Å². The fourth-order valence-electron chi connectivity index (χ4n) is 8.77. The van der Waals surface area contributed by atoms with Crippen molar-refractivity contribution in [3.05, 3.63) is 38.7 Å². The number of likely N-dealkylation sites (tertiary alicyclic amines) is 1. The lowest BCUT2D eigenvalue weighted by atomic mass is 9.83. The summed E-state index contributed by atoms with van der Waals surface area (Å²) >= 11 is 0. The zero-order valence-corrected chi connectivity index (χ0v) is 32.7. The second-order valence-corrected chi connectivity index (χ2v) is 17.5. The predicted molar refractivity (Wildman–Crippen MR) is 206 cm³/mol. The minimum atomic E-state index is -1.17. The molecule has 13 heteroatoms. The molecule has 4 N–H and O–H groups in total. The van der Waals surface area contributed by atoms with Gasteiger partial charge in [0.2, 0.25) is 28.5 Å². The van der Waals surface area contributed by atoms with E-state index in [1.807, 2.05) is 20.8 Å². The van der Waals surface area contributed by atoms with E-state index >= 15 is 0 Å². The Kier molecular flexibility index (Phi) is 12.1. The minimum absolute atomic E-state index is 0.0468. The Bertz CT molecular complexity index is 1750. The van der Waals surface area contributed by atoms with Crippen LogP contribution in [0.3, 0.4) is 0 Å². The highest BCUT2D eigenvalue weighted by Crippen LogP contribution is 2.65. The molecule has 5 amide bonds. The molecule has 1 aromatic rings. The molecule has 3 saturated carbocycles. The Hall–Kier alpha value is -4.47. The second kappa shape index (κ2) is 16.1. The van der Waals surface area contributed by atoms with Crippen LogP contribution in [0, 0.1) is 40.9 Å². The summed E-state index contributed by atoms with van der Waals surface area (Å²) in [6.07, 6.45) is 13.2. The van der Waals surface area contributed by atoms with Crippen molar-refractivity contribution in [3.8, 4) is 12.3 Å². The average molecular weight is 747 g/mol. The van der Waals surface area contributed by atoms with E-state index in [2.05, 4.69) is 47.6 Å². The first-order valence-electron chi connectivity index (χ1n) is 19.5. The molecule has 1 aliphatic heterocycles. The van der Waals surface area contributed by atoms with Gasteiger partial charge < -0.3 is 31.1 Å². The summed E-state index contributed by atoms with van der Waals surface area (Å²) in [5, 5.41) is 11.3. The Morgan fingerprint density at radius 3 is 2.28 bits per heavy atom. The van der Waals surface area contributed by atoms with Crippen molar-refractivity contribution in [2.75, 3.05) is 31.6 Å². The maximum absolute atomic E-state index is 14.7. The van der Waals surface area contributed by atoms with E-state index in [9.17, 15) is 33.6 Å². The number of urea groups is 1. The predicted octanol–water partition coefficient (Wildman–Crippen LogP) is 2.51. The lowest BCUT2D eigenvalue weighted by Gasteiger charge is -2.39. The summed E-state index contributed by atoms with van der Waals surface area (Å²) in [4.78, 5) is 96.8. The summed E-state index contributed by atoms with van der Waals surface area (Å²) in [7, 11) is 1.76. The van der Waals surface area contributed by atoms with E-state index in [4.69, 9.17) is 6.42 Å². The number of likely N-dealkylation sites (N-methyl/N-ethyl adjacent to an activating group) is 1. The topological polar surface area (TPSA) is 174 Å². The summed E-state index contributed by atoms with van der Waals surface area (Å²) < 4.78 is 0. The standard InChI is InChI=1S/C41H58N6O7/c1-9-11-17-26(33(48)37(52)42-20-10-2)43-36(51)32-29-25(41(29,6)7)21-47(32)38(53)30(24-15-13-12-14-16-24)45-39(54)44-27(40(3,4)5)22-46(8)31-28(23-18-19-23)34(49)35(31)50/h1,10,23-27,29-30,32H,2,11-22H2,3-8H3,(H,42,52)(H,43,51)(H2,44,45,54)/t25?,26?,27-,29+,30+,32+/m1/s1.